The number of thioether (sulfide) groups is 1. The van der Waals surface area contributed by atoms with Gasteiger partial charge < -0.3 is 14.8 Å². The van der Waals surface area contributed by atoms with Gasteiger partial charge in [-0.25, -0.2) is 0 Å². The summed E-state index contributed by atoms with van der Waals surface area (Å²) in [5.41, 5.74) is 2.08. The summed E-state index contributed by atoms with van der Waals surface area (Å²) in [4.78, 5) is 24.8. The van der Waals surface area contributed by atoms with Crippen LogP contribution in [0.2, 0.25) is 5.02 Å². The number of esters is 1. The third-order valence-electron chi connectivity index (χ3n) is 4.84. The number of halogens is 1. The van der Waals surface area contributed by atoms with Gasteiger partial charge in [0.25, 0.3) is 5.91 Å². The third kappa shape index (κ3) is 5.85. The number of carbonyl (C=O) groups is 2. The fourth-order valence-corrected chi connectivity index (χ4v) is 4.09. The van der Waals surface area contributed by atoms with Crippen molar-refractivity contribution in [2.45, 2.75) is 37.7 Å². The van der Waals surface area contributed by atoms with Crippen LogP contribution in [0, 0.1) is 6.92 Å². The van der Waals surface area contributed by atoms with Crippen molar-refractivity contribution in [1.82, 2.24) is 20.1 Å². The fourth-order valence-electron chi connectivity index (χ4n) is 3.04. The number of carbonyl (C=O) groups excluding carboxylic acids is 2. The Morgan fingerprint density at radius 3 is 2.58 bits per heavy atom. The Kier molecular flexibility index (Phi) is 8.35. The Morgan fingerprint density at radius 2 is 1.91 bits per heavy atom. The summed E-state index contributed by atoms with van der Waals surface area (Å²) in [5.74, 6) is 0.569. The summed E-state index contributed by atoms with van der Waals surface area (Å²) in [6.45, 7) is 5.82. The van der Waals surface area contributed by atoms with Gasteiger partial charge in [0, 0.05) is 10.6 Å². The number of amides is 1. The maximum absolute atomic E-state index is 12.6. The monoisotopic (exact) mass is 488 g/mol. The number of benzene rings is 2. The molecule has 0 fully saturated rings. The van der Waals surface area contributed by atoms with Gasteiger partial charge in [-0.15, -0.1) is 10.2 Å². The molecule has 3 aromatic rings. The molecule has 10 heteroatoms. The largest absolute Gasteiger partial charge is 0.497 e. The SMILES string of the molecule is CCOC(=O)[C@H](C)Sc1nnc(CNC(=O)c2ccc(OC)cc2)n1-c1cccc(Cl)c1C. The molecule has 0 saturated heterocycles. The van der Waals surface area contributed by atoms with Gasteiger partial charge >= 0.3 is 5.97 Å². The standard InChI is InChI=1S/C23H25ClN4O4S/c1-5-32-22(30)15(3)33-23-27-26-20(28(23)19-8-6-7-18(24)14(19)2)13-25-21(29)16-9-11-17(31-4)12-10-16/h6-12,15H,5,13H2,1-4H3,(H,25,29)/t15-/m0/s1. The van der Waals surface area contributed by atoms with Crippen molar-refractivity contribution in [3.8, 4) is 11.4 Å². The van der Waals surface area contributed by atoms with Gasteiger partial charge in [0.15, 0.2) is 11.0 Å². The van der Waals surface area contributed by atoms with Crippen LogP contribution < -0.4 is 10.1 Å². The van der Waals surface area contributed by atoms with Crippen molar-refractivity contribution in [3.63, 3.8) is 0 Å². The Morgan fingerprint density at radius 1 is 1.18 bits per heavy atom. The maximum Gasteiger partial charge on any atom is 0.319 e. The first-order valence-corrected chi connectivity index (χ1v) is 11.6. The minimum absolute atomic E-state index is 0.123. The summed E-state index contributed by atoms with van der Waals surface area (Å²) >= 11 is 7.58. The number of hydrogen-bond acceptors (Lipinski definition) is 7. The molecule has 174 valence electrons. The lowest BCUT2D eigenvalue weighted by Crippen LogP contribution is -2.25. The normalized spacial score (nSPS) is 11.7. The molecule has 8 nitrogen and oxygen atoms in total. The van der Waals surface area contributed by atoms with Crippen molar-refractivity contribution < 1.29 is 19.1 Å². The summed E-state index contributed by atoms with van der Waals surface area (Å²) in [6, 6.07) is 12.3. The van der Waals surface area contributed by atoms with Crippen LogP contribution in [0.25, 0.3) is 5.69 Å². The van der Waals surface area contributed by atoms with Crippen LogP contribution in [0.5, 0.6) is 5.75 Å². The number of rotatable bonds is 9. The number of aromatic nitrogens is 3. The Bertz CT molecular complexity index is 1130. The second-order valence-corrected chi connectivity index (χ2v) is 8.76. The molecule has 0 aliphatic rings. The topological polar surface area (TPSA) is 95.3 Å². The highest BCUT2D eigenvalue weighted by atomic mass is 35.5. The second kappa shape index (κ2) is 11.2. The number of methoxy groups -OCH3 is 1. The molecule has 1 atom stereocenters. The van der Waals surface area contributed by atoms with E-state index < -0.39 is 5.25 Å². The molecule has 1 N–H and O–H groups in total. The van der Waals surface area contributed by atoms with Crippen LogP contribution in [0.15, 0.2) is 47.6 Å². The highest BCUT2D eigenvalue weighted by Gasteiger charge is 2.23. The molecule has 0 unspecified atom stereocenters. The van der Waals surface area contributed by atoms with Gasteiger partial charge in [0.1, 0.15) is 11.0 Å². The van der Waals surface area contributed by atoms with Gasteiger partial charge in [0.05, 0.1) is 25.9 Å². The van der Waals surface area contributed by atoms with E-state index in [0.29, 0.717) is 33.9 Å². The molecule has 2 aromatic carbocycles. The van der Waals surface area contributed by atoms with Crippen molar-refractivity contribution >= 4 is 35.2 Å². The lowest BCUT2D eigenvalue weighted by molar-refractivity contribution is -0.142. The predicted octanol–water partition coefficient (Wildman–Crippen LogP) is 4.21. The zero-order valence-electron chi connectivity index (χ0n) is 18.8. The third-order valence-corrected chi connectivity index (χ3v) is 6.27. The molecule has 1 heterocycles. The molecule has 0 aliphatic carbocycles. The van der Waals surface area contributed by atoms with Gasteiger partial charge in [0.2, 0.25) is 0 Å². The molecule has 0 saturated carbocycles. The Labute approximate surface area is 201 Å². The minimum atomic E-state index is -0.492. The predicted molar refractivity (Wildman–Crippen MR) is 127 cm³/mol. The summed E-state index contributed by atoms with van der Waals surface area (Å²) in [7, 11) is 1.57. The van der Waals surface area contributed by atoms with E-state index in [1.165, 1.54) is 11.8 Å². The summed E-state index contributed by atoms with van der Waals surface area (Å²) in [6.07, 6.45) is 0. The molecule has 1 amide bonds. The zero-order chi connectivity index (χ0) is 24.0. The van der Waals surface area contributed by atoms with Crippen molar-refractivity contribution in [2.24, 2.45) is 0 Å². The van der Waals surface area contributed by atoms with E-state index >= 15 is 0 Å². The average Bonchev–Trinajstić information content (AvgIpc) is 3.21. The van der Waals surface area contributed by atoms with E-state index in [2.05, 4.69) is 15.5 Å². The highest BCUT2D eigenvalue weighted by Crippen LogP contribution is 2.30. The first-order valence-electron chi connectivity index (χ1n) is 10.3. The van der Waals surface area contributed by atoms with E-state index in [1.807, 2.05) is 19.1 Å². The van der Waals surface area contributed by atoms with Crippen molar-refractivity contribution in [3.05, 3.63) is 64.4 Å². The first kappa shape index (κ1) is 24.6. The molecule has 1 aromatic heterocycles. The number of nitrogens with zero attached hydrogens (tertiary/aromatic N) is 3. The van der Waals surface area contributed by atoms with Crippen LogP contribution >= 0.6 is 23.4 Å². The van der Waals surface area contributed by atoms with Crippen molar-refractivity contribution in [1.29, 1.82) is 0 Å². The van der Waals surface area contributed by atoms with Gasteiger partial charge in [-0.05, 0) is 62.7 Å². The van der Waals surface area contributed by atoms with Crippen LogP contribution in [0.4, 0.5) is 0 Å². The lowest BCUT2D eigenvalue weighted by atomic mass is 10.2. The second-order valence-electron chi connectivity index (χ2n) is 7.04. The zero-order valence-corrected chi connectivity index (χ0v) is 20.4. The van der Waals surface area contributed by atoms with E-state index in [4.69, 9.17) is 21.1 Å². The maximum atomic E-state index is 12.6. The van der Waals surface area contributed by atoms with E-state index in [-0.39, 0.29) is 18.4 Å². The quantitative estimate of drug-likeness (QED) is 0.356. The van der Waals surface area contributed by atoms with Crippen molar-refractivity contribution in [2.75, 3.05) is 13.7 Å². The fraction of sp³-hybridized carbons (Fsp3) is 0.304. The lowest BCUT2D eigenvalue weighted by Gasteiger charge is -2.15. The van der Waals surface area contributed by atoms with E-state index in [0.717, 1.165) is 11.3 Å². The van der Waals surface area contributed by atoms with E-state index in [1.54, 1.807) is 55.9 Å². The molecular weight excluding hydrogens is 464 g/mol. The Hall–Kier alpha value is -3.04. The average molecular weight is 489 g/mol. The molecule has 0 bridgehead atoms. The molecule has 0 aliphatic heterocycles. The number of nitrogens with one attached hydrogen (secondary N) is 1. The molecule has 3 rings (SSSR count). The van der Waals surface area contributed by atoms with Gasteiger partial charge in [-0.1, -0.05) is 29.4 Å². The first-order chi connectivity index (χ1) is 15.8. The van der Waals surface area contributed by atoms with Crippen LogP contribution in [-0.4, -0.2) is 45.6 Å². The molecule has 33 heavy (non-hydrogen) atoms. The highest BCUT2D eigenvalue weighted by molar-refractivity contribution is 8.00. The number of hydrogen-bond donors (Lipinski definition) is 1. The minimum Gasteiger partial charge on any atom is -0.497 e. The van der Waals surface area contributed by atoms with Gasteiger partial charge in [-0.2, -0.15) is 0 Å². The van der Waals surface area contributed by atoms with Crippen LogP contribution in [0.3, 0.4) is 0 Å². The smallest absolute Gasteiger partial charge is 0.319 e. The van der Waals surface area contributed by atoms with E-state index in [9.17, 15) is 9.59 Å². The molecular formula is C23H25ClN4O4S. The van der Waals surface area contributed by atoms with Gasteiger partial charge in [-0.3, -0.25) is 14.2 Å². The number of ether oxygens (including phenoxy) is 2. The molecule has 0 spiro atoms. The van der Waals surface area contributed by atoms with Crippen LogP contribution in [-0.2, 0) is 16.1 Å². The summed E-state index contributed by atoms with van der Waals surface area (Å²) < 4.78 is 12.0. The Balaban J connectivity index is 1.89. The molecule has 0 radical (unpaired) electrons. The summed E-state index contributed by atoms with van der Waals surface area (Å²) in [5, 5.41) is 12.0. The van der Waals surface area contributed by atoms with Crippen LogP contribution in [0.1, 0.15) is 35.6 Å².